The standard InChI is InChI=1S/C13H16ClN3/c1-9-7-16-17(8-9)13-11(6-10(2)15)4-3-5-12(13)14/h3-5,7-8,10H,6,15H2,1-2H3. The summed E-state index contributed by atoms with van der Waals surface area (Å²) in [5.74, 6) is 0. The van der Waals surface area contributed by atoms with Crippen molar-refractivity contribution in [3.63, 3.8) is 0 Å². The molecule has 17 heavy (non-hydrogen) atoms. The Balaban J connectivity index is 2.50. The van der Waals surface area contributed by atoms with Crippen LogP contribution in [0.4, 0.5) is 0 Å². The monoisotopic (exact) mass is 249 g/mol. The Hall–Kier alpha value is -1.32. The van der Waals surface area contributed by atoms with Gasteiger partial charge in [-0.25, -0.2) is 4.68 Å². The SMILES string of the molecule is Cc1cnn(-c2c(Cl)cccc2CC(C)N)c1. The lowest BCUT2D eigenvalue weighted by Crippen LogP contribution is -2.19. The molecule has 1 aromatic heterocycles. The summed E-state index contributed by atoms with van der Waals surface area (Å²) in [5.41, 5.74) is 9.01. The van der Waals surface area contributed by atoms with Gasteiger partial charge in [0.15, 0.2) is 0 Å². The maximum absolute atomic E-state index is 6.25. The van der Waals surface area contributed by atoms with Crippen LogP contribution in [-0.2, 0) is 6.42 Å². The summed E-state index contributed by atoms with van der Waals surface area (Å²) < 4.78 is 1.81. The average Bonchev–Trinajstić information content (AvgIpc) is 2.64. The van der Waals surface area contributed by atoms with Gasteiger partial charge in [0.2, 0.25) is 0 Å². The maximum Gasteiger partial charge on any atom is 0.0864 e. The van der Waals surface area contributed by atoms with Gasteiger partial charge in [0, 0.05) is 12.2 Å². The minimum Gasteiger partial charge on any atom is -0.328 e. The van der Waals surface area contributed by atoms with Crippen LogP contribution in [0, 0.1) is 6.92 Å². The number of aryl methyl sites for hydroxylation is 1. The zero-order chi connectivity index (χ0) is 12.4. The van der Waals surface area contributed by atoms with E-state index in [1.165, 1.54) is 0 Å². The number of hydrogen-bond donors (Lipinski definition) is 1. The zero-order valence-electron chi connectivity index (χ0n) is 10.0. The molecule has 0 aliphatic carbocycles. The van der Waals surface area contributed by atoms with Gasteiger partial charge >= 0.3 is 0 Å². The van der Waals surface area contributed by atoms with Crippen molar-refractivity contribution >= 4 is 11.6 Å². The predicted octanol–water partition coefficient (Wildman–Crippen LogP) is 2.72. The fraction of sp³-hybridized carbons (Fsp3) is 0.308. The molecule has 3 nitrogen and oxygen atoms in total. The van der Waals surface area contributed by atoms with Crippen LogP contribution in [-0.4, -0.2) is 15.8 Å². The second-order valence-electron chi connectivity index (χ2n) is 4.39. The quantitative estimate of drug-likeness (QED) is 0.909. The lowest BCUT2D eigenvalue weighted by atomic mass is 10.1. The van der Waals surface area contributed by atoms with Gasteiger partial charge in [0.1, 0.15) is 0 Å². The van der Waals surface area contributed by atoms with Gasteiger partial charge in [-0.15, -0.1) is 0 Å². The highest BCUT2D eigenvalue weighted by Gasteiger charge is 2.11. The zero-order valence-corrected chi connectivity index (χ0v) is 10.8. The van der Waals surface area contributed by atoms with Crippen molar-refractivity contribution in [3.05, 3.63) is 46.7 Å². The van der Waals surface area contributed by atoms with Gasteiger partial charge in [0.05, 0.1) is 16.9 Å². The van der Waals surface area contributed by atoms with Gasteiger partial charge < -0.3 is 5.73 Å². The lowest BCUT2D eigenvalue weighted by Gasteiger charge is -2.13. The number of halogens is 1. The minimum absolute atomic E-state index is 0.101. The van der Waals surface area contributed by atoms with Gasteiger partial charge in [-0.3, -0.25) is 0 Å². The average molecular weight is 250 g/mol. The number of hydrogen-bond acceptors (Lipinski definition) is 2. The summed E-state index contributed by atoms with van der Waals surface area (Å²) >= 11 is 6.25. The van der Waals surface area contributed by atoms with Crippen LogP contribution in [0.25, 0.3) is 5.69 Å². The molecule has 1 heterocycles. The summed E-state index contributed by atoms with van der Waals surface area (Å²) in [7, 11) is 0. The second-order valence-corrected chi connectivity index (χ2v) is 4.80. The molecule has 0 bridgehead atoms. The van der Waals surface area contributed by atoms with Crippen molar-refractivity contribution in [2.24, 2.45) is 5.73 Å². The summed E-state index contributed by atoms with van der Waals surface area (Å²) in [6, 6.07) is 5.96. The number of nitrogens with zero attached hydrogens (tertiary/aromatic N) is 2. The summed E-state index contributed by atoms with van der Waals surface area (Å²) in [6.07, 6.45) is 4.57. The summed E-state index contributed by atoms with van der Waals surface area (Å²) in [5, 5.41) is 5.01. The van der Waals surface area contributed by atoms with Crippen molar-refractivity contribution in [1.82, 2.24) is 9.78 Å². The molecule has 4 heteroatoms. The minimum atomic E-state index is 0.101. The van der Waals surface area contributed by atoms with E-state index < -0.39 is 0 Å². The van der Waals surface area contributed by atoms with Crippen molar-refractivity contribution < 1.29 is 0 Å². The second kappa shape index (κ2) is 4.90. The van der Waals surface area contributed by atoms with E-state index in [9.17, 15) is 0 Å². The first-order valence-corrected chi connectivity index (χ1v) is 6.00. The Bertz CT molecular complexity index is 517. The van der Waals surface area contributed by atoms with E-state index in [4.69, 9.17) is 17.3 Å². The normalized spacial score (nSPS) is 12.7. The number of aromatic nitrogens is 2. The number of nitrogens with two attached hydrogens (primary N) is 1. The molecular weight excluding hydrogens is 234 g/mol. The molecule has 1 unspecified atom stereocenters. The Morgan fingerprint density at radius 1 is 1.47 bits per heavy atom. The van der Waals surface area contributed by atoms with Crippen LogP contribution >= 0.6 is 11.6 Å². The van der Waals surface area contributed by atoms with E-state index in [0.717, 1.165) is 23.2 Å². The van der Waals surface area contributed by atoms with Crippen LogP contribution in [0.3, 0.4) is 0 Å². The van der Waals surface area contributed by atoms with E-state index >= 15 is 0 Å². The van der Waals surface area contributed by atoms with E-state index in [1.54, 1.807) is 0 Å². The van der Waals surface area contributed by atoms with Crippen LogP contribution in [0.2, 0.25) is 5.02 Å². The summed E-state index contributed by atoms with van der Waals surface area (Å²) in [6.45, 7) is 3.99. The van der Waals surface area contributed by atoms with Crippen LogP contribution in [0.15, 0.2) is 30.6 Å². The Morgan fingerprint density at radius 2 is 2.24 bits per heavy atom. The van der Waals surface area contributed by atoms with Crippen LogP contribution in [0.5, 0.6) is 0 Å². The van der Waals surface area contributed by atoms with Crippen molar-refractivity contribution in [2.75, 3.05) is 0 Å². The van der Waals surface area contributed by atoms with Gasteiger partial charge in [-0.05, 0) is 37.5 Å². The highest BCUT2D eigenvalue weighted by atomic mass is 35.5. The molecule has 90 valence electrons. The smallest absolute Gasteiger partial charge is 0.0864 e. The van der Waals surface area contributed by atoms with Crippen LogP contribution < -0.4 is 5.73 Å². The molecule has 2 N–H and O–H groups in total. The summed E-state index contributed by atoms with van der Waals surface area (Å²) in [4.78, 5) is 0. The van der Waals surface area contributed by atoms with Gasteiger partial charge in [-0.1, -0.05) is 23.7 Å². The molecule has 2 rings (SSSR count). The molecule has 0 saturated heterocycles. The first-order valence-electron chi connectivity index (χ1n) is 5.62. The lowest BCUT2D eigenvalue weighted by molar-refractivity contribution is 0.727. The topological polar surface area (TPSA) is 43.8 Å². The van der Waals surface area contributed by atoms with Crippen molar-refractivity contribution in [2.45, 2.75) is 26.3 Å². The highest BCUT2D eigenvalue weighted by Crippen LogP contribution is 2.25. The first kappa shape index (κ1) is 12.1. The third kappa shape index (κ3) is 2.68. The number of rotatable bonds is 3. The predicted molar refractivity (Wildman–Crippen MR) is 70.7 cm³/mol. The Labute approximate surface area is 106 Å². The van der Waals surface area contributed by atoms with Crippen LogP contribution in [0.1, 0.15) is 18.1 Å². The van der Waals surface area contributed by atoms with Crippen molar-refractivity contribution in [3.8, 4) is 5.69 Å². The molecule has 0 fully saturated rings. The van der Waals surface area contributed by atoms with Crippen molar-refractivity contribution in [1.29, 1.82) is 0 Å². The Kier molecular flexibility index (Phi) is 3.50. The molecule has 1 atom stereocenters. The largest absolute Gasteiger partial charge is 0.328 e. The molecular formula is C13H16ClN3. The number of benzene rings is 1. The highest BCUT2D eigenvalue weighted by molar-refractivity contribution is 6.32. The molecule has 0 radical (unpaired) electrons. The van der Waals surface area contributed by atoms with E-state index in [-0.39, 0.29) is 6.04 Å². The first-order chi connectivity index (χ1) is 8.08. The molecule has 0 amide bonds. The molecule has 1 aromatic carbocycles. The third-order valence-corrected chi connectivity index (χ3v) is 2.86. The fourth-order valence-electron chi connectivity index (χ4n) is 1.86. The number of para-hydroxylation sites is 1. The van der Waals surface area contributed by atoms with E-state index in [2.05, 4.69) is 5.10 Å². The maximum atomic E-state index is 6.25. The fourth-order valence-corrected chi connectivity index (χ4v) is 2.14. The molecule has 0 spiro atoms. The third-order valence-electron chi connectivity index (χ3n) is 2.55. The van der Waals surface area contributed by atoms with Gasteiger partial charge in [-0.2, -0.15) is 5.10 Å². The van der Waals surface area contributed by atoms with E-state index in [1.807, 2.05) is 49.1 Å². The molecule has 0 saturated carbocycles. The van der Waals surface area contributed by atoms with E-state index in [0.29, 0.717) is 5.02 Å². The van der Waals surface area contributed by atoms with Gasteiger partial charge in [0.25, 0.3) is 0 Å². The Morgan fingerprint density at radius 3 is 2.82 bits per heavy atom. The molecule has 0 aliphatic heterocycles. The molecule has 2 aromatic rings. The molecule has 0 aliphatic rings.